The van der Waals surface area contributed by atoms with Gasteiger partial charge in [0, 0.05) is 25.4 Å². The maximum atomic E-state index is 11.9. The molecule has 1 atom stereocenters. The summed E-state index contributed by atoms with van der Waals surface area (Å²) in [5.74, 6) is 0.0787. The van der Waals surface area contributed by atoms with Gasteiger partial charge in [-0.1, -0.05) is 0 Å². The third kappa shape index (κ3) is 5.05. The van der Waals surface area contributed by atoms with E-state index in [9.17, 15) is 4.79 Å². The van der Waals surface area contributed by atoms with E-state index in [0.717, 1.165) is 0 Å². The van der Waals surface area contributed by atoms with Gasteiger partial charge in [-0.2, -0.15) is 5.26 Å². The predicted octanol–water partition coefficient (Wildman–Crippen LogP) is 1.78. The first-order valence-electron chi connectivity index (χ1n) is 5.85. The Morgan fingerprint density at radius 3 is 2.88 bits per heavy atom. The first-order valence-corrected chi connectivity index (χ1v) is 5.85. The molecule has 1 heterocycles. The largest absolute Gasteiger partial charge is 0.444 e. The van der Waals surface area contributed by atoms with Crippen molar-refractivity contribution in [1.82, 2.24) is 4.90 Å². The van der Waals surface area contributed by atoms with Crippen molar-refractivity contribution in [3.05, 3.63) is 0 Å². The zero-order chi connectivity index (χ0) is 12.9. The Labute approximate surface area is 102 Å². The molecule has 0 spiro atoms. The molecule has 1 amide bonds. The second-order valence-electron chi connectivity index (χ2n) is 5.23. The van der Waals surface area contributed by atoms with Crippen molar-refractivity contribution in [2.24, 2.45) is 5.92 Å². The molecule has 0 radical (unpaired) electrons. The van der Waals surface area contributed by atoms with Gasteiger partial charge < -0.3 is 14.4 Å². The van der Waals surface area contributed by atoms with Crippen LogP contribution < -0.4 is 0 Å². The van der Waals surface area contributed by atoms with Crippen LogP contribution in [0.4, 0.5) is 4.79 Å². The first kappa shape index (κ1) is 13.8. The number of ether oxygens (including phenoxy) is 2. The molecule has 1 saturated heterocycles. The van der Waals surface area contributed by atoms with Crippen molar-refractivity contribution in [2.45, 2.75) is 32.8 Å². The fraction of sp³-hybridized carbons (Fsp3) is 0.833. The summed E-state index contributed by atoms with van der Waals surface area (Å²) in [6.45, 7) is 7.61. The number of hydrogen-bond acceptors (Lipinski definition) is 4. The normalized spacial score (nSPS) is 21.5. The lowest BCUT2D eigenvalue weighted by Gasteiger charge is -2.27. The van der Waals surface area contributed by atoms with E-state index >= 15 is 0 Å². The number of hydrogen-bond donors (Lipinski definition) is 0. The summed E-state index contributed by atoms with van der Waals surface area (Å²) < 4.78 is 10.7. The van der Waals surface area contributed by atoms with Gasteiger partial charge in [-0.05, 0) is 20.8 Å². The molecule has 1 aliphatic heterocycles. The quantitative estimate of drug-likeness (QED) is 0.701. The third-order valence-electron chi connectivity index (χ3n) is 2.37. The van der Waals surface area contributed by atoms with Crippen LogP contribution in [0.3, 0.4) is 0 Å². The number of nitrogens with zero attached hydrogens (tertiary/aromatic N) is 2. The zero-order valence-electron chi connectivity index (χ0n) is 10.7. The summed E-state index contributed by atoms with van der Waals surface area (Å²) >= 11 is 0. The van der Waals surface area contributed by atoms with Crippen LogP contribution in [0, 0.1) is 17.2 Å². The van der Waals surface area contributed by atoms with Crippen LogP contribution in [-0.2, 0) is 9.47 Å². The van der Waals surface area contributed by atoms with Gasteiger partial charge >= 0.3 is 6.09 Å². The highest BCUT2D eigenvalue weighted by molar-refractivity contribution is 5.68. The lowest BCUT2D eigenvalue weighted by Crippen LogP contribution is -2.39. The van der Waals surface area contributed by atoms with Crippen LogP contribution in [0.15, 0.2) is 0 Å². The van der Waals surface area contributed by atoms with Crippen LogP contribution in [0.25, 0.3) is 0 Å². The fourth-order valence-electron chi connectivity index (χ4n) is 1.63. The second-order valence-corrected chi connectivity index (χ2v) is 5.23. The van der Waals surface area contributed by atoms with Crippen LogP contribution in [0.1, 0.15) is 27.2 Å². The molecular formula is C12H20N2O3. The van der Waals surface area contributed by atoms with Crippen molar-refractivity contribution in [1.29, 1.82) is 5.26 Å². The predicted molar refractivity (Wildman–Crippen MR) is 62.3 cm³/mol. The molecule has 5 heteroatoms. The highest BCUT2D eigenvalue weighted by Crippen LogP contribution is 2.15. The van der Waals surface area contributed by atoms with Gasteiger partial charge in [0.2, 0.25) is 0 Å². The fourth-order valence-corrected chi connectivity index (χ4v) is 1.63. The number of amides is 1. The topological polar surface area (TPSA) is 62.6 Å². The molecule has 0 aromatic heterocycles. The monoisotopic (exact) mass is 240 g/mol. The van der Waals surface area contributed by atoms with E-state index in [1.165, 1.54) is 0 Å². The van der Waals surface area contributed by atoms with Crippen molar-refractivity contribution < 1.29 is 14.3 Å². The zero-order valence-corrected chi connectivity index (χ0v) is 10.7. The highest BCUT2D eigenvalue weighted by atomic mass is 16.6. The van der Waals surface area contributed by atoms with Crippen molar-refractivity contribution in [2.75, 3.05) is 26.3 Å². The lowest BCUT2D eigenvalue weighted by molar-refractivity contribution is 0.0234. The van der Waals surface area contributed by atoms with E-state index in [2.05, 4.69) is 6.07 Å². The van der Waals surface area contributed by atoms with E-state index in [-0.39, 0.29) is 12.0 Å². The maximum Gasteiger partial charge on any atom is 0.410 e. The molecule has 1 rings (SSSR count). The molecule has 1 fully saturated rings. The summed E-state index contributed by atoms with van der Waals surface area (Å²) in [7, 11) is 0. The Bertz CT molecular complexity index is 304. The van der Waals surface area contributed by atoms with Crippen molar-refractivity contribution in [3.8, 4) is 6.07 Å². The van der Waals surface area contributed by atoms with Crippen LogP contribution in [0.2, 0.25) is 0 Å². The van der Waals surface area contributed by atoms with Crippen molar-refractivity contribution >= 4 is 6.09 Å². The maximum absolute atomic E-state index is 11.9. The van der Waals surface area contributed by atoms with Gasteiger partial charge in [0.15, 0.2) is 0 Å². The molecule has 1 aliphatic rings. The number of carbonyl (C=O) groups excluding carboxylic acids is 1. The molecular weight excluding hydrogens is 220 g/mol. The Kier molecular flexibility index (Phi) is 4.76. The number of rotatable bonds is 1. The minimum absolute atomic E-state index is 0.0787. The third-order valence-corrected chi connectivity index (χ3v) is 2.37. The first-order chi connectivity index (χ1) is 7.92. The van der Waals surface area contributed by atoms with Gasteiger partial charge in [0.1, 0.15) is 5.60 Å². The standard InChI is InChI=1S/C12H20N2O3/c1-12(2,3)17-11(15)14-6-7-16-9-10(8-14)4-5-13/h10H,4,6-9H2,1-3H3. The minimum atomic E-state index is -0.491. The minimum Gasteiger partial charge on any atom is -0.444 e. The average molecular weight is 240 g/mol. The van der Waals surface area contributed by atoms with Gasteiger partial charge in [0.05, 0.1) is 19.3 Å². The molecule has 0 aromatic rings. The number of carbonyl (C=O) groups is 1. The summed E-state index contributed by atoms with van der Waals surface area (Å²) in [4.78, 5) is 13.5. The molecule has 0 saturated carbocycles. The highest BCUT2D eigenvalue weighted by Gasteiger charge is 2.26. The molecule has 0 N–H and O–H groups in total. The van der Waals surface area contributed by atoms with Crippen LogP contribution in [-0.4, -0.2) is 42.9 Å². The average Bonchev–Trinajstić information content (AvgIpc) is 2.41. The summed E-state index contributed by atoms with van der Waals surface area (Å²) in [6, 6.07) is 2.11. The Balaban J connectivity index is 2.56. The van der Waals surface area contributed by atoms with E-state index in [1.807, 2.05) is 20.8 Å². The smallest absolute Gasteiger partial charge is 0.410 e. The van der Waals surface area contributed by atoms with E-state index < -0.39 is 5.60 Å². The van der Waals surface area contributed by atoms with Crippen LogP contribution >= 0.6 is 0 Å². The molecule has 1 unspecified atom stereocenters. The van der Waals surface area contributed by atoms with Gasteiger partial charge in [-0.3, -0.25) is 0 Å². The summed E-state index contributed by atoms with van der Waals surface area (Å²) in [5, 5.41) is 8.68. The molecule has 0 aliphatic carbocycles. The Morgan fingerprint density at radius 1 is 1.59 bits per heavy atom. The van der Waals surface area contributed by atoms with Crippen LogP contribution in [0.5, 0.6) is 0 Å². The molecule has 0 aromatic carbocycles. The van der Waals surface area contributed by atoms with E-state index in [1.54, 1.807) is 4.90 Å². The van der Waals surface area contributed by atoms with Gasteiger partial charge in [-0.25, -0.2) is 4.79 Å². The second kappa shape index (κ2) is 5.87. The van der Waals surface area contributed by atoms with E-state index in [4.69, 9.17) is 14.7 Å². The summed E-state index contributed by atoms with van der Waals surface area (Å²) in [5.41, 5.74) is -0.491. The van der Waals surface area contributed by atoms with Crippen molar-refractivity contribution in [3.63, 3.8) is 0 Å². The summed E-state index contributed by atoms with van der Waals surface area (Å²) in [6.07, 6.45) is 0.0742. The SMILES string of the molecule is CC(C)(C)OC(=O)N1CCOCC(CC#N)C1. The molecule has 5 nitrogen and oxygen atoms in total. The van der Waals surface area contributed by atoms with Gasteiger partial charge in [0.25, 0.3) is 0 Å². The van der Waals surface area contributed by atoms with Gasteiger partial charge in [-0.15, -0.1) is 0 Å². The Hall–Kier alpha value is -1.28. The molecule has 0 bridgehead atoms. The number of nitriles is 1. The molecule has 96 valence electrons. The van der Waals surface area contributed by atoms with E-state index in [0.29, 0.717) is 32.7 Å². The Morgan fingerprint density at radius 2 is 2.29 bits per heavy atom. The molecule has 17 heavy (non-hydrogen) atoms. The lowest BCUT2D eigenvalue weighted by atomic mass is 10.1.